The van der Waals surface area contributed by atoms with Gasteiger partial charge in [0, 0.05) is 28.1 Å². The van der Waals surface area contributed by atoms with Gasteiger partial charge in [-0.05, 0) is 24.3 Å². The Hall–Kier alpha value is -1.59. The summed E-state index contributed by atoms with van der Waals surface area (Å²) < 4.78 is 25.7. The largest absolute Gasteiger partial charge is 0.497 e. The maximum atomic E-state index is 14.1. The van der Waals surface area contributed by atoms with E-state index in [0.717, 1.165) is 0 Å². The SMILES string of the molecule is COc1ccc2c(c1)OC(c1ccc(Br)cc1F)C[C@@H]2O. The minimum absolute atomic E-state index is 0.317. The van der Waals surface area contributed by atoms with Gasteiger partial charge in [0.15, 0.2) is 0 Å². The lowest BCUT2D eigenvalue weighted by atomic mass is 9.94. The normalized spacial score (nSPS) is 20.6. The van der Waals surface area contributed by atoms with Gasteiger partial charge in [0.05, 0.1) is 13.2 Å². The highest BCUT2D eigenvalue weighted by atomic mass is 79.9. The van der Waals surface area contributed by atoms with E-state index < -0.39 is 12.2 Å². The molecule has 3 rings (SSSR count). The van der Waals surface area contributed by atoms with Gasteiger partial charge in [-0.1, -0.05) is 22.0 Å². The Balaban J connectivity index is 1.96. The minimum atomic E-state index is -0.687. The Morgan fingerprint density at radius 2 is 2.00 bits per heavy atom. The van der Waals surface area contributed by atoms with Crippen LogP contribution in [-0.2, 0) is 0 Å². The van der Waals surface area contributed by atoms with Gasteiger partial charge in [0.2, 0.25) is 0 Å². The molecule has 110 valence electrons. The second-order valence-electron chi connectivity index (χ2n) is 4.93. The van der Waals surface area contributed by atoms with Crippen molar-refractivity contribution in [2.24, 2.45) is 0 Å². The Morgan fingerprint density at radius 1 is 1.24 bits per heavy atom. The monoisotopic (exact) mass is 352 g/mol. The molecule has 0 radical (unpaired) electrons. The third-order valence-electron chi connectivity index (χ3n) is 3.60. The highest BCUT2D eigenvalue weighted by Gasteiger charge is 2.30. The summed E-state index contributed by atoms with van der Waals surface area (Å²) in [4.78, 5) is 0. The van der Waals surface area contributed by atoms with Crippen LogP contribution in [0.3, 0.4) is 0 Å². The first-order chi connectivity index (χ1) is 10.1. The fourth-order valence-electron chi connectivity index (χ4n) is 2.50. The molecule has 0 fully saturated rings. The van der Waals surface area contributed by atoms with Crippen molar-refractivity contribution in [1.82, 2.24) is 0 Å². The summed E-state index contributed by atoms with van der Waals surface area (Å²) in [7, 11) is 1.56. The molecule has 1 aliphatic rings. The van der Waals surface area contributed by atoms with E-state index >= 15 is 0 Å². The molecule has 0 spiro atoms. The van der Waals surface area contributed by atoms with Gasteiger partial charge in [-0.3, -0.25) is 0 Å². The number of hydrogen-bond donors (Lipinski definition) is 1. The van der Waals surface area contributed by atoms with E-state index in [1.807, 2.05) is 0 Å². The summed E-state index contributed by atoms with van der Waals surface area (Å²) in [5, 5.41) is 10.2. The van der Waals surface area contributed by atoms with Crippen LogP contribution in [0, 0.1) is 5.82 Å². The van der Waals surface area contributed by atoms with Gasteiger partial charge in [0.1, 0.15) is 23.4 Å². The van der Waals surface area contributed by atoms with E-state index in [9.17, 15) is 9.50 Å². The first-order valence-electron chi connectivity index (χ1n) is 6.56. The molecule has 2 atom stereocenters. The Kier molecular flexibility index (Phi) is 3.87. The molecule has 1 heterocycles. The van der Waals surface area contributed by atoms with Crippen LogP contribution in [0.15, 0.2) is 40.9 Å². The molecule has 0 bridgehead atoms. The zero-order valence-electron chi connectivity index (χ0n) is 11.3. The van der Waals surface area contributed by atoms with Crippen molar-refractivity contribution in [3.05, 3.63) is 57.8 Å². The average Bonchev–Trinajstić information content (AvgIpc) is 2.46. The molecular weight excluding hydrogens is 339 g/mol. The molecular formula is C16H14BrFO3. The molecule has 2 aromatic rings. The lowest BCUT2D eigenvalue weighted by molar-refractivity contribution is 0.0637. The van der Waals surface area contributed by atoms with Gasteiger partial charge in [-0.15, -0.1) is 0 Å². The lowest BCUT2D eigenvalue weighted by Gasteiger charge is -2.30. The first-order valence-corrected chi connectivity index (χ1v) is 7.35. The zero-order chi connectivity index (χ0) is 15.0. The maximum Gasteiger partial charge on any atom is 0.131 e. The van der Waals surface area contributed by atoms with Gasteiger partial charge in [0.25, 0.3) is 0 Å². The number of ether oxygens (including phenoxy) is 2. The lowest BCUT2D eigenvalue weighted by Crippen LogP contribution is -2.20. The Labute approximate surface area is 130 Å². The van der Waals surface area contributed by atoms with E-state index in [0.29, 0.717) is 33.5 Å². The molecule has 0 aromatic heterocycles. The third-order valence-corrected chi connectivity index (χ3v) is 4.09. The predicted molar refractivity (Wildman–Crippen MR) is 80.0 cm³/mol. The average molecular weight is 353 g/mol. The van der Waals surface area contributed by atoms with Crippen molar-refractivity contribution in [3.8, 4) is 11.5 Å². The van der Waals surface area contributed by atoms with Crippen molar-refractivity contribution < 1.29 is 19.0 Å². The summed E-state index contributed by atoms with van der Waals surface area (Å²) in [5.74, 6) is 0.811. The van der Waals surface area contributed by atoms with Gasteiger partial charge >= 0.3 is 0 Å². The molecule has 3 nitrogen and oxygen atoms in total. The van der Waals surface area contributed by atoms with Crippen LogP contribution >= 0.6 is 15.9 Å². The summed E-state index contributed by atoms with van der Waals surface area (Å²) >= 11 is 3.23. The quantitative estimate of drug-likeness (QED) is 0.882. The van der Waals surface area contributed by atoms with Crippen LogP contribution in [0.1, 0.15) is 29.8 Å². The van der Waals surface area contributed by atoms with Crippen LogP contribution in [0.25, 0.3) is 0 Å². The van der Waals surface area contributed by atoms with Gasteiger partial charge < -0.3 is 14.6 Å². The highest BCUT2D eigenvalue weighted by molar-refractivity contribution is 9.10. The minimum Gasteiger partial charge on any atom is -0.497 e. The van der Waals surface area contributed by atoms with E-state index in [1.54, 1.807) is 37.4 Å². The molecule has 1 aliphatic heterocycles. The van der Waals surface area contributed by atoms with Crippen molar-refractivity contribution >= 4 is 15.9 Å². The van der Waals surface area contributed by atoms with Crippen LogP contribution in [0.5, 0.6) is 11.5 Å². The van der Waals surface area contributed by atoms with E-state index in [-0.39, 0.29) is 5.82 Å². The third kappa shape index (κ3) is 2.76. The maximum absolute atomic E-state index is 14.1. The van der Waals surface area contributed by atoms with Gasteiger partial charge in [-0.2, -0.15) is 0 Å². The summed E-state index contributed by atoms with van der Waals surface area (Å²) in [6.07, 6.45) is -0.891. The van der Waals surface area contributed by atoms with Crippen LogP contribution in [-0.4, -0.2) is 12.2 Å². The number of halogens is 2. The molecule has 0 aliphatic carbocycles. The highest BCUT2D eigenvalue weighted by Crippen LogP contribution is 2.42. The van der Waals surface area contributed by atoms with Gasteiger partial charge in [-0.25, -0.2) is 4.39 Å². The molecule has 21 heavy (non-hydrogen) atoms. The van der Waals surface area contributed by atoms with Crippen LogP contribution in [0.4, 0.5) is 4.39 Å². The number of aliphatic hydroxyl groups is 1. The first kappa shape index (κ1) is 14.4. The molecule has 0 amide bonds. The van der Waals surface area contributed by atoms with E-state index in [2.05, 4.69) is 15.9 Å². The number of hydrogen-bond acceptors (Lipinski definition) is 3. The molecule has 0 saturated carbocycles. The Bertz CT molecular complexity index is 675. The molecule has 2 aromatic carbocycles. The van der Waals surface area contributed by atoms with Crippen LogP contribution in [0.2, 0.25) is 0 Å². The number of methoxy groups -OCH3 is 1. The number of aliphatic hydroxyl groups excluding tert-OH is 1. The zero-order valence-corrected chi connectivity index (χ0v) is 12.9. The fourth-order valence-corrected chi connectivity index (χ4v) is 2.84. The smallest absolute Gasteiger partial charge is 0.131 e. The summed E-state index contributed by atoms with van der Waals surface area (Å²) in [5.41, 5.74) is 1.13. The fraction of sp³-hybridized carbons (Fsp3) is 0.250. The molecule has 1 N–H and O–H groups in total. The summed E-state index contributed by atoms with van der Waals surface area (Å²) in [6, 6.07) is 10.1. The number of fused-ring (bicyclic) bond motifs is 1. The predicted octanol–water partition coefficient (Wildman–Crippen LogP) is 4.15. The standard InChI is InChI=1S/C16H14BrFO3/c1-20-10-3-5-12-14(19)8-16(21-15(12)7-10)11-4-2-9(17)6-13(11)18/h2-7,14,16,19H,8H2,1H3/t14-,16?/m0/s1. The molecule has 5 heteroatoms. The molecule has 0 saturated heterocycles. The van der Waals surface area contributed by atoms with Crippen molar-refractivity contribution in [2.45, 2.75) is 18.6 Å². The topological polar surface area (TPSA) is 38.7 Å². The molecule has 1 unspecified atom stereocenters. The second-order valence-corrected chi connectivity index (χ2v) is 5.84. The van der Waals surface area contributed by atoms with Crippen molar-refractivity contribution in [1.29, 1.82) is 0 Å². The summed E-state index contributed by atoms with van der Waals surface area (Å²) in [6.45, 7) is 0. The number of benzene rings is 2. The Morgan fingerprint density at radius 3 is 2.71 bits per heavy atom. The van der Waals surface area contributed by atoms with Crippen LogP contribution < -0.4 is 9.47 Å². The van der Waals surface area contributed by atoms with Crippen molar-refractivity contribution in [2.75, 3.05) is 7.11 Å². The van der Waals surface area contributed by atoms with Crippen molar-refractivity contribution in [3.63, 3.8) is 0 Å². The van der Waals surface area contributed by atoms with E-state index in [1.165, 1.54) is 6.07 Å². The number of rotatable bonds is 2. The second kappa shape index (κ2) is 5.66. The van der Waals surface area contributed by atoms with E-state index in [4.69, 9.17) is 9.47 Å².